The lowest BCUT2D eigenvalue weighted by molar-refractivity contribution is -0.125. The van der Waals surface area contributed by atoms with Crippen LogP contribution in [-0.2, 0) is 19.4 Å². The molecular weight excluding hydrogens is 264 g/mol. The first-order chi connectivity index (χ1) is 7.80. The molecule has 0 aromatic rings. The SMILES string of the molecule is CC(=O)N=C1S[C@@H]2CS(=O)(=O)C[C@@H]2N1C(C)=O. The fourth-order valence-corrected chi connectivity index (χ4v) is 6.05. The predicted molar refractivity (Wildman–Crippen MR) is 64.5 cm³/mol. The number of carbonyl (C=O) groups excluding carboxylic acids is 2. The Balaban J connectivity index is 2.34. The van der Waals surface area contributed by atoms with Gasteiger partial charge in [-0.25, -0.2) is 8.42 Å². The zero-order valence-electron chi connectivity index (χ0n) is 9.41. The highest BCUT2D eigenvalue weighted by atomic mass is 32.2. The largest absolute Gasteiger partial charge is 0.286 e. The van der Waals surface area contributed by atoms with E-state index in [1.807, 2.05) is 0 Å². The molecule has 0 aliphatic carbocycles. The quantitative estimate of drug-likeness (QED) is 0.604. The summed E-state index contributed by atoms with van der Waals surface area (Å²) in [5.74, 6) is -0.659. The number of hydrogen-bond acceptors (Lipinski definition) is 5. The van der Waals surface area contributed by atoms with Crippen molar-refractivity contribution < 1.29 is 18.0 Å². The van der Waals surface area contributed by atoms with Gasteiger partial charge in [-0.05, 0) is 0 Å². The maximum Gasteiger partial charge on any atom is 0.244 e. The van der Waals surface area contributed by atoms with E-state index in [1.165, 1.54) is 30.5 Å². The van der Waals surface area contributed by atoms with Crippen molar-refractivity contribution in [1.29, 1.82) is 0 Å². The van der Waals surface area contributed by atoms with Crippen molar-refractivity contribution in [2.24, 2.45) is 4.99 Å². The van der Waals surface area contributed by atoms with E-state index < -0.39 is 9.84 Å². The van der Waals surface area contributed by atoms with Gasteiger partial charge in [0.25, 0.3) is 0 Å². The lowest BCUT2D eigenvalue weighted by Gasteiger charge is -2.19. The smallest absolute Gasteiger partial charge is 0.244 e. The molecule has 0 aromatic heterocycles. The Labute approximate surface area is 103 Å². The number of rotatable bonds is 0. The Bertz CT molecular complexity index is 511. The van der Waals surface area contributed by atoms with Crippen molar-refractivity contribution in [3.8, 4) is 0 Å². The van der Waals surface area contributed by atoms with Gasteiger partial charge in [0.15, 0.2) is 15.0 Å². The fourth-order valence-electron chi connectivity index (χ4n) is 2.07. The standard InChI is InChI=1S/C9H12N2O4S2/c1-5(12)10-9-11(6(2)13)7-3-17(14,15)4-8(7)16-9/h7-8H,3-4H2,1-2H3/t7-,8+/m0/s1. The van der Waals surface area contributed by atoms with Gasteiger partial charge in [0.05, 0.1) is 17.5 Å². The lowest BCUT2D eigenvalue weighted by Crippen LogP contribution is -2.40. The summed E-state index contributed by atoms with van der Waals surface area (Å²) in [6, 6.07) is -0.374. The maximum absolute atomic E-state index is 11.5. The van der Waals surface area contributed by atoms with E-state index >= 15 is 0 Å². The van der Waals surface area contributed by atoms with Crippen molar-refractivity contribution >= 4 is 38.6 Å². The van der Waals surface area contributed by atoms with Gasteiger partial charge >= 0.3 is 0 Å². The van der Waals surface area contributed by atoms with Gasteiger partial charge in [0.2, 0.25) is 11.8 Å². The van der Waals surface area contributed by atoms with Gasteiger partial charge in [0, 0.05) is 19.1 Å². The molecule has 2 aliphatic heterocycles. The molecule has 0 radical (unpaired) electrons. The molecule has 0 spiro atoms. The third-order valence-corrected chi connectivity index (χ3v) is 5.87. The van der Waals surface area contributed by atoms with E-state index in [0.29, 0.717) is 5.17 Å². The molecule has 0 aromatic carbocycles. The first kappa shape index (κ1) is 12.6. The van der Waals surface area contributed by atoms with Gasteiger partial charge < -0.3 is 0 Å². The molecule has 2 saturated heterocycles. The van der Waals surface area contributed by atoms with Crippen LogP contribution in [-0.4, -0.2) is 53.1 Å². The van der Waals surface area contributed by atoms with Crippen molar-refractivity contribution in [3.05, 3.63) is 0 Å². The molecule has 2 aliphatic rings. The summed E-state index contributed by atoms with van der Waals surface area (Å²) in [7, 11) is -3.08. The summed E-state index contributed by atoms with van der Waals surface area (Å²) in [5, 5.41) is 0.136. The molecule has 2 amide bonds. The fraction of sp³-hybridized carbons (Fsp3) is 0.667. The van der Waals surface area contributed by atoms with Gasteiger partial charge in [-0.3, -0.25) is 14.5 Å². The molecule has 2 fully saturated rings. The molecular formula is C9H12N2O4S2. The molecule has 94 valence electrons. The molecule has 8 heteroatoms. The summed E-state index contributed by atoms with van der Waals surface area (Å²) in [4.78, 5) is 27.6. The predicted octanol–water partition coefficient (Wildman–Crippen LogP) is -0.350. The molecule has 17 heavy (non-hydrogen) atoms. The molecule has 2 atom stereocenters. The topological polar surface area (TPSA) is 83.9 Å². The van der Waals surface area contributed by atoms with Crippen LogP contribution in [0.1, 0.15) is 13.8 Å². The van der Waals surface area contributed by atoms with E-state index in [-0.39, 0.29) is 34.6 Å². The number of sulfone groups is 1. The zero-order valence-corrected chi connectivity index (χ0v) is 11.0. The molecule has 6 nitrogen and oxygen atoms in total. The minimum Gasteiger partial charge on any atom is -0.286 e. The number of fused-ring (bicyclic) bond motifs is 1. The van der Waals surface area contributed by atoms with E-state index in [0.717, 1.165) is 0 Å². The Morgan fingerprint density at radius 3 is 2.53 bits per heavy atom. The van der Waals surface area contributed by atoms with Crippen LogP contribution in [0.4, 0.5) is 0 Å². The first-order valence-electron chi connectivity index (χ1n) is 5.06. The highest BCUT2D eigenvalue weighted by Crippen LogP contribution is 2.38. The second-order valence-corrected chi connectivity index (χ2v) is 7.46. The third-order valence-electron chi connectivity index (χ3n) is 2.66. The van der Waals surface area contributed by atoms with Gasteiger partial charge in [-0.1, -0.05) is 11.8 Å². The van der Waals surface area contributed by atoms with Crippen LogP contribution in [0.25, 0.3) is 0 Å². The molecule has 2 heterocycles. The van der Waals surface area contributed by atoms with E-state index in [1.54, 1.807) is 0 Å². The molecule has 0 unspecified atom stereocenters. The Hall–Kier alpha value is -0.890. The first-order valence-corrected chi connectivity index (χ1v) is 7.76. The summed E-state index contributed by atoms with van der Waals surface area (Å²) in [6.07, 6.45) is 0. The summed E-state index contributed by atoms with van der Waals surface area (Å²) < 4.78 is 23.0. The monoisotopic (exact) mass is 276 g/mol. The van der Waals surface area contributed by atoms with E-state index in [2.05, 4.69) is 4.99 Å². The minimum atomic E-state index is -3.08. The highest BCUT2D eigenvalue weighted by molar-refractivity contribution is 8.15. The molecule has 0 saturated carbocycles. The lowest BCUT2D eigenvalue weighted by atomic mass is 10.2. The van der Waals surface area contributed by atoms with Crippen LogP contribution >= 0.6 is 11.8 Å². The Morgan fingerprint density at radius 1 is 1.35 bits per heavy atom. The van der Waals surface area contributed by atoms with Crippen molar-refractivity contribution in [2.75, 3.05) is 11.5 Å². The zero-order chi connectivity index (χ0) is 12.8. The number of thioether (sulfide) groups is 1. The molecule has 2 rings (SSSR count). The number of hydrogen-bond donors (Lipinski definition) is 0. The van der Waals surface area contributed by atoms with Crippen LogP contribution in [0.15, 0.2) is 4.99 Å². The second-order valence-electron chi connectivity index (χ2n) is 4.10. The maximum atomic E-state index is 11.5. The number of amides is 2. The van der Waals surface area contributed by atoms with Crippen molar-refractivity contribution in [1.82, 2.24) is 4.90 Å². The van der Waals surface area contributed by atoms with Crippen LogP contribution in [0.2, 0.25) is 0 Å². The molecule has 0 N–H and O–H groups in total. The highest BCUT2D eigenvalue weighted by Gasteiger charge is 2.50. The summed E-state index contributed by atoms with van der Waals surface area (Å²) in [5.41, 5.74) is 0. The number of carbonyl (C=O) groups is 2. The van der Waals surface area contributed by atoms with Gasteiger partial charge in [0.1, 0.15) is 0 Å². The normalized spacial score (nSPS) is 32.8. The van der Waals surface area contributed by atoms with Crippen LogP contribution < -0.4 is 0 Å². The van der Waals surface area contributed by atoms with Crippen LogP contribution in [0.5, 0.6) is 0 Å². The van der Waals surface area contributed by atoms with Gasteiger partial charge in [-0.2, -0.15) is 4.99 Å². The van der Waals surface area contributed by atoms with Crippen molar-refractivity contribution in [3.63, 3.8) is 0 Å². The minimum absolute atomic E-state index is 0.0405. The Kier molecular flexibility index (Phi) is 3.03. The average Bonchev–Trinajstić information content (AvgIpc) is 2.53. The van der Waals surface area contributed by atoms with Crippen LogP contribution in [0.3, 0.4) is 0 Å². The number of aliphatic imine (C=N–C) groups is 1. The summed E-state index contributed by atoms with van der Waals surface area (Å²) in [6.45, 7) is 2.65. The summed E-state index contributed by atoms with van der Waals surface area (Å²) >= 11 is 1.20. The number of nitrogens with zero attached hydrogens (tertiary/aromatic N) is 2. The van der Waals surface area contributed by atoms with Crippen molar-refractivity contribution in [2.45, 2.75) is 25.1 Å². The number of amidine groups is 1. The van der Waals surface area contributed by atoms with Gasteiger partial charge in [-0.15, -0.1) is 0 Å². The second kappa shape index (κ2) is 4.09. The Morgan fingerprint density at radius 2 is 2.00 bits per heavy atom. The van der Waals surface area contributed by atoms with Crippen LogP contribution in [0, 0.1) is 0 Å². The average molecular weight is 276 g/mol. The van der Waals surface area contributed by atoms with E-state index in [9.17, 15) is 18.0 Å². The molecule has 0 bridgehead atoms. The van der Waals surface area contributed by atoms with E-state index in [4.69, 9.17) is 0 Å². The third kappa shape index (κ3) is 2.37.